The van der Waals surface area contributed by atoms with Gasteiger partial charge in [0.25, 0.3) is 0 Å². The maximum Gasteiger partial charge on any atom is 0.239 e. The van der Waals surface area contributed by atoms with Crippen molar-refractivity contribution in [3.05, 3.63) is 35.6 Å². The number of carbonyl (C=O) groups is 1. The number of benzene rings is 1. The Morgan fingerprint density at radius 3 is 2.38 bits per heavy atom. The van der Waals surface area contributed by atoms with Gasteiger partial charge in [0.1, 0.15) is 5.82 Å². The average molecular weight is 294 g/mol. The molecule has 21 heavy (non-hydrogen) atoms. The Balaban J connectivity index is 2.94. The van der Waals surface area contributed by atoms with Crippen LogP contribution < -0.4 is 5.32 Å². The second-order valence-corrected chi connectivity index (χ2v) is 6.06. The van der Waals surface area contributed by atoms with E-state index in [1.165, 1.54) is 6.07 Å². The lowest BCUT2D eigenvalue weighted by molar-refractivity contribution is -0.131. The Kier molecular flexibility index (Phi) is 6.82. The molecule has 4 heteroatoms. The fraction of sp³-hybridized carbons (Fsp3) is 0.588. The smallest absolute Gasteiger partial charge is 0.239 e. The first-order chi connectivity index (χ1) is 9.86. The summed E-state index contributed by atoms with van der Waals surface area (Å²) in [7, 11) is 3.50. The molecule has 1 N–H and O–H groups in total. The molecular weight excluding hydrogens is 267 g/mol. The molecule has 0 bridgehead atoms. The van der Waals surface area contributed by atoms with Gasteiger partial charge in [-0.15, -0.1) is 0 Å². The van der Waals surface area contributed by atoms with Crippen molar-refractivity contribution in [1.82, 2.24) is 10.2 Å². The number of nitrogens with zero attached hydrogens (tertiary/aromatic N) is 1. The lowest BCUT2D eigenvalue weighted by Crippen LogP contribution is -2.45. The van der Waals surface area contributed by atoms with Crippen molar-refractivity contribution in [1.29, 1.82) is 0 Å². The van der Waals surface area contributed by atoms with E-state index < -0.39 is 0 Å². The van der Waals surface area contributed by atoms with Crippen LogP contribution >= 0.6 is 0 Å². The summed E-state index contributed by atoms with van der Waals surface area (Å²) in [6.07, 6.45) is 1.47. The molecule has 0 aliphatic rings. The van der Waals surface area contributed by atoms with Crippen LogP contribution in [0.5, 0.6) is 0 Å². The lowest BCUT2D eigenvalue weighted by atomic mass is 9.98. The fourth-order valence-corrected chi connectivity index (χ4v) is 2.45. The molecule has 2 unspecified atom stereocenters. The van der Waals surface area contributed by atoms with Gasteiger partial charge in [0.15, 0.2) is 0 Å². The number of hydrogen-bond acceptors (Lipinski definition) is 2. The van der Waals surface area contributed by atoms with Crippen molar-refractivity contribution in [2.45, 2.75) is 45.7 Å². The molecule has 118 valence electrons. The number of hydrogen-bond donors (Lipinski definition) is 1. The minimum absolute atomic E-state index is 0.0403. The minimum Gasteiger partial charge on any atom is -0.347 e. The standard InChI is InChI=1S/C17H27FN2O/c1-6-15(13-9-7-8-10-14(13)18)19-16(11-12(2)3)17(21)20(4)5/h7-10,12,15-16,19H,6,11H2,1-5H3. The Morgan fingerprint density at radius 1 is 1.29 bits per heavy atom. The summed E-state index contributed by atoms with van der Waals surface area (Å²) in [5.74, 6) is 0.209. The largest absolute Gasteiger partial charge is 0.347 e. The zero-order valence-corrected chi connectivity index (χ0v) is 13.7. The lowest BCUT2D eigenvalue weighted by Gasteiger charge is -2.28. The van der Waals surface area contributed by atoms with Crippen LogP contribution in [0.15, 0.2) is 24.3 Å². The van der Waals surface area contributed by atoms with E-state index in [0.717, 1.165) is 12.8 Å². The zero-order chi connectivity index (χ0) is 16.0. The van der Waals surface area contributed by atoms with Crippen LogP contribution in [0.2, 0.25) is 0 Å². The first-order valence-electron chi connectivity index (χ1n) is 7.58. The van der Waals surface area contributed by atoms with Gasteiger partial charge in [-0.3, -0.25) is 10.1 Å². The highest BCUT2D eigenvalue weighted by atomic mass is 19.1. The maximum atomic E-state index is 14.0. The summed E-state index contributed by atoms with van der Waals surface area (Å²) >= 11 is 0. The van der Waals surface area contributed by atoms with Crippen molar-refractivity contribution >= 4 is 5.91 Å². The van der Waals surface area contributed by atoms with Crippen molar-refractivity contribution in [2.75, 3.05) is 14.1 Å². The van der Waals surface area contributed by atoms with E-state index >= 15 is 0 Å². The normalized spacial score (nSPS) is 14.0. The van der Waals surface area contributed by atoms with Crippen LogP contribution in [0, 0.1) is 11.7 Å². The number of likely N-dealkylation sites (N-methyl/N-ethyl adjacent to an activating group) is 1. The molecule has 2 atom stereocenters. The average Bonchev–Trinajstić information content (AvgIpc) is 2.43. The molecule has 0 aromatic heterocycles. The minimum atomic E-state index is -0.287. The highest BCUT2D eigenvalue weighted by molar-refractivity contribution is 5.81. The molecule has 0 heterocycles. The monoisotopic (exact) mass is 294 g/mol. The van der Waals surface area contributed by atoms with E-state index in [-0.39, 0.29) is 23.8 Å². The number of amides is 1. The molecule has 1 aromatic rings. The molecule has 1 rings (SSSR count). The Morgan fingerprint density at radius 2 is 1.90 bits per heavy atom. The molecule has 0 spiro atoms. The highest BCUT2D eigenvalue weighted by Gasteiger charge is 2.25. The van der Waals surface area contributed by atoms with Crippen LogP contribution in [0.1, 0.15) is 45.2 Å². The Bertz CT molecular complexity index is 460. The van der Waals surface area contributed by atoms with Gasteiger partial charge in [0.05, 0.1) is 6.04 Å². The molecular formula is C17H27FN2O. The van der Waals surface area contributed by atoms with Crippen LogP contribution in [-0.4, -0.2) is 30.9 Å². The topological polar surface area (TPSA) is 32.3 Å². The second kappa shape index (κ2) is 8.13. The summed E-state index contributed by atoms with van der Waals surface area (Å²) in [5.41, 5.74) is 0.625. The highest BCUT2D eigenvalue weighted by Crippen LogP contribution is 2.22. The second-order valence-electron chi connectivity index (χ2n) is 6.06. The third kappa shape index (κ3) is 5.12. The summed E-state index contributed by atoms with van der Waals surface area (Å²) in [4.78, 5) is 13.9. The van der Waals surface area contributed by atoms with E-state index in [1.807, 2.05) is 13.0 Å². The van der Waals surface area contributed by atoms with Gasteiger partial charge in [-0.25, -0.2) is 4.39 Å². The van der Waals surface area contributed by atoms with Crippen LogP contribution in [0.3, 0.4) is 0 Å². The number of rotatable bonds is 7. The SMILES string of the molecule is CCC(NC(CC(C)C)C(=O)N(C)C)c1ccccc1F. The van der Waals surface area contributed by atoms with Crippen molar-refractivity contribution in [3.8, 4) is 0 Å². The Labute approximate surface area is 127 Å². The van der Waals surface area contributed by atoms with E-state index in [1.54, 1.807) is 31.1 Å². The molecule has 0 saturated carbocycles. The van der Waals surface area contributed by atoms with Crippen LogP contribution in [0.4, 0.5) is 4.39 Å². The van der Waals surface area contributed by atoms with Crippen LogP contribution in [-0.2, 0) is 4.79 Å². The number of halogens is 1. The van der Waals surface area contributed by atoms with Gasteiger partial charge >= 0.3 is 0 Å². The zero-order valence-electron chi connectivity index (χ0n) is 13.7. The third-order valence-electron chi connectivity index (χ3n) is 3.54. The Hall–Kier alpha value is -1.42. The number of carbonyl (C=O) groups excluding carboxylic acids is 1. The number of nitrogens with one attached hydrogen (secondary N) is 1. The predicted octanol–water partition coefficient (Wildman–Crippen LogP) is 3.37. The summed E-state index contributed by atoms with van der Waals surface area (Å²) < 4.78 is 14.0. The third-order valence-corrected chi connectivity index (χ3v) is 3.54. The fourth-order valence-electron chi connectivity index (χ4n) is 2.45. The summed E-state index contributed by atoms with van der Waals surface area (Å²) in [6, 6.07) is 6.31. The first-order valence-corrected chi connectivity index (χ1v) is 7.58. The van der Waals surface area contributed by atoms with E-state index in [9.17, 15) is 9.18 Å². The summed E-state index contributed by atoms with van der Waals surface area (Å²) in [6.45, 7) is 6.17. The van der Waals surface area contributed by atoms with Gasteiger partial charge in [-0.05, 0) is 24.8 Å². The molecule has 0 saturated heterocycles. The van der Waals surface area contributed by atoms with Gasteiger partial charge in [0.2, 0.25) is 5.91 Å². The van der Waals surface area contributed by atoms with E-state index in [4.69, 9.17) is 0 Å². The van der Waals surface area contributed by atoms with Gasteiger partial charge in [-0.1, -0.05) is 39.0 Å². The molecule has 0 aliphatic carbocycles. The predicted molar refractivity (Wildman–Crippen MR) is 84.5 cm³/mol. The molecule has 1 amide bonds. The first kappa shape index (κ1) is 17.6. The molecule has 1 aromatic carbocycles. The van der Waals surface area contributed by atoms with Gasteiger partial charge < -0.3 is 4.90 Å². The molecule has 0 aliphatic heterocycles. The summed E-state index contributed by atoms with van der Waals surface area (Å²) in [5, 5.41) is 3.34. The van der Waals surface area contributed by atoms with Gasteiger partial charge in [-0.2, -0.15) is 0 Å². The molecule has 0 fully saturated rings. The van der Waals surface area contributed by atoms with Crippen molar-refractivity contribution in [3.63, 3.8) is 0 Å². The van der Waals surface area contributed by atoms with E-state index in [0.29, 0.717) is 11.5 Å². The molecule has 3 nitrogen and oxygen atoms in total. The maximum absolute atomic E-state index is 14.0. The quantitative estimate of drug-likeness (QED) is 0.836. The van der Waals surface area contributed by atoms with Crippen molar-refractivity contribution < 1.29 is 9.18 Å². The van der Waals surface area contributed by atoms with Gasteiger partial charge in [0, 0.05) is 25.7 Å². The van der Waals surface area contributed by atoms with E-state index in [2.05, 4.69) is 19.2 Å². The van der Waals surface area contributed by atoms with Crippen molar-refractivity contribution in [2.24, 2.45) is 5.92 Å². The van der Waals surface area contributed by atoms with Crippen LogP contribution in [0.25, 0.3) is 0 Å². The molecule has 0 radical (unpaired) electrons.